The molecule has 0 aliphatic rings. The second-order valence-electron chi connectivity index (χ2n) is 3.73. The van der Waals surface area contributed by atoms with Crippen LogP contribution in [0.3, 0.4) is 0 Å². The molecule has 2 nitrogen and oxygen atoms in total. The quantitative estimate of drug-likeness (QED) is 0.514. The van der Waals surface area contributed by atoms with Crippen LogP contribution in [0.25, 0.3) is 21.8 Å². The van der Waals surface area contributed by atoms with Gasteiger partial charge in [0, 0.05) is 23.2 Å². The normalized spacial score (nSPS) is 11.0. The summed E-state index contributed by atoms with van der Waals surface area (Å²) < 4.78 is 0. The van der Waals surface area contributed by atoms with E-state index in [4.69, 9.17) is 0 Å². The first-order valence-corrected chi connectivity index (χ1v) is 4.95. The molecule has 2 heteroatoms. The summed E-state index contributed by atoms with van der Waals surface area (Å²) in [7, 11) is 0. The second-order valence-corrected chi connectivity index (χ2v) is 3.73. The maximum absolute atomic E-state index is 4.47. The van der Waals surface area contributed by atoms with Crippen molar-refractivity contribution in [3.05, 3.63) is 48.3 Å². The van der Waals surface area contributed by atoms with Gasteiger partial charge < -0.3 is 0 Å². The average molecular weight is 194 g/mol. The van der Waals surface area contributed by atoms with Crippen molar-refractivity contribution in [1.82, 2.24) is 9.97 Å². The van der Waals surface area contributed by atoms with Crippen LogP contribution in [0.1, 0.15) is 5.56 Å². The van der Waals surface area contributed by atoms with Gasteiger partial charge >= 0.3 is 0 Å². The third kappa shape index (κ3) is 1.26. The summed E-state index contributed by atoms with van der Waals surface area (Å²) in [4.78, 5) is 8.88. The third-order valence-corrected chi connectivity index (χ3v) is 2.56. The Labute approximate surface area is 87.6 Å². The van der Waals surface area contributed by atoms with Crippen molar-refractivity contribution in [2.45, 2.75) is 6.92 Å². The zero-order valence-corrected chi connectivity index (χ0v) is 8.44. The second kappa shape index (κ2) is 3.02. The Morgan fingerprint density at radius 2 is 1.87 bits per heavy atom. The van der Waals surface area contributed by atoms with E-state index >= 15 is 0 Å². The largest absolute Gasteiger partial charge is 0.255 e. The molecular weight excluding hydrogens is 184 g/mol. The van der Waals surface area contributed by atoms with Crippen molar-refractivity contribution < 1.29 is 0 Å². The molecule has 0 fully saturated rings. The van der Waals surface area contributed by atoms with Crippen molar-refractivity contribution in [3.63, 3.8) is 0 Å². The molecule has 0 atom stereocenters. The molecule has 0 N–H and O–H groups in total. The molecule has 0 aliphatic heterocycles. The molecule has 15 heavy (non-hydrogen) atoms. The summed E-state index contributed by atoms with van der Waals surface area (Å²) in [6, 6.07) is 10.2. The van der Waals surface area contributed by atoms with Gasteiger partial charge in [-0.05, 0) is 24.6 Å². The predicted molar refractivity (Wildman–Crippen MR) is 61.8 cm³/mol. The summed E-state index contributed by atoms with van der Waals surface area (Å²) in [5.74, 6) is 0. The van der Waals surface area contributed by atoms with E-state index in [-0.39, 0.29) is 0 Å². The molecule has 72 valence electrons. The van der Waals surface area contributed by atoms with Crippen LogP contribution in [-0.2, 0) is 0 Å². The van der Waals surface area contributed by atoms with Crippen LogP contribution in [0.2, 0.25) is 0 Å². The van der Waals surface area contributed by atoms with Gasteiger partial charge in [-0.3, -0.25) is 9.97 Å². The molecule has 2 heterocycles. The number of fused-ring (bicyclic) bond motifs is 3. The molecule has 3 aromatic rings. The lowest BCUT2D eigenvalue weighted by Crippen LogP contribution is -1.85. The summed E-state index contributed by atoms with van der Waals surface area (Å²) >= 11 is 0. The van der Waals surface area contributed by atoms with Crippen LogP contribution < -0.4 is 0 Å². The molecule has 0 aliphatic carbocycles. The standard InChI is InChI=1S/C13H10N2/c1-9-6-10-8-14-12-5-3-2-4-11(12)13(10)15-7-9/h2-8H,1H3. The number of aromatic nitrogens is 2. The summed E-state index contributed by atoms with van der Waals surface area (Å²) in [6.07, 6.45) is 3.78. The highest BCUT2D eigenvalue weighted by molar-refractivity contribution is 6.02. The fourth-order valence-corrected chi connectivity index (χ4v) is 1.84. The Kier molecular flexibility index (Phi) is 1.68. The first-order chi connectivity index (χ1) is 7.34. The average Bonchev–Trinajstić information content (AvgIpc) is 2.28. The van der Waals surface area contributed by atoms with Gasteiger partial charge in [0.15, 0.2) is 0 Å². The minimum atomic E-state index is 1.00. The molecule has 0 unspecified atom stereocenters. The lowest BCUT2D eigenvalue weighted by atomic mass is 10.1. The highest BCUT2D eigenvalue weighted by Crippen LogP contribution is 2.21. The number of hydrogen-bond donors (Lipinski definition) is 0. The first kappa shape index (κ1) is 8.36. The van der Waals surface area contributed by atoms with Crippen molar-refractivity contribution in [3.8, 4) is 0 Å². The third-order valence-electron chi connectivity index (χ3n) is 2.56. The lowest BCUT2D eigenvalue weighted by molar-refractivity contribution is 1.32. The molecule has 1 aromatic carbocycles. The minimum absolute atomic E-state index is 1.00. The molecule has 0 saturated carbocycles. The van der Waals surface area contributed by atoms with E-state index in [0.29, 0.717) is 0 Å². The highest BCUT2D eigenvalue weighted by Gasteiger charge is 2.01. The minimum Gasteiger partial charge on any atom is -0.255 e. The summed E-state index contributed by atoms with van der Waals surface area (Å²) in [6.45, 7) is 2.04. The van der Waals surface area contributed by atoms with E-state index in [2.05, 4.69) is 22.1 Å². The van der Waals surface area contributed by atoms with Crippen LogP contribution in [0.4, 0.5) is 0 Å². The van der Waals surface area contributed by atoms with E-state index in [0.717, 1.165) is 21.8 Å². The van der Waals surface area contributed by atoms with E-state index in [9.17, 15) is 0 Å². The van der Waals surface area contributed by atoms with Gasteiger partial charge in [0.1, 0.15) is 0 Å². The fraction of sp³-hybridized carbons (Fsp3) is 0.0769. The van der Waals surface area contributed by atoms with Gasteiger partial charge in [0.25, 0.3) is 0 Å². The maximum atomic E-state index is 4.47. The molecule has 2 aromatic heterocycles. The highest BCUT2D eigenvalue weighted by atomic mass is 14.7. The van der Waals surface area contributed by atoms with E-state index < -0.39 is 0 Å². The maximum Gasteiger partial charge on any atom is 0.0811 e. The number of aryl methyl sites for hydroxylation is 1. The molecule has 0 radical (unpaired) electrons. The molecule has 0 bridgehead atoms. The van der Waals surface area contributed by atoms with Crippen molar-refractivity contribution in [2.75, 3.05) is 0 Å². The molecule has 0 spiro atoms. The number of para-hydroxylation sites is 1. The Morgan fingerprint density at radius 1 is 1.00 bits per heavy atom. The van der Waals surface area contributed by atoms with Crippen LogP contribution in [-0.4, -0.2) is 9.97 Å². The topological polar surface area (TPSA) is 25.8 Å². The number of pyridine rings is 2. The summed E-state index contributed by atoms with van der Waals surface area (Å²) in [5, 5.41) is 2.23. The zero-order chi connectivity index (χ0) is 10.3. The zero-order valence-electron chi connectivity index (χ0n) is 8.44. The Morgan fingerprint density at radius 3 is 2.80 bits per heavy atom. The van der Waals surface area contributed by atoms with Crippen molar-refractivity contribution in [1.29, 1.82) is 0 Å². The number of benzene rings is 1. The Balaban J connectivity index is 2.55. The first-order valence-electron chi connectivity index (χ1n) is 4.95. The Bertz CT molecular complexity index is 644. The molecule has 3 rings (SSSR count). The Hall–Kier alpha value is -1.96. The van der Waals surface area contributed by atoms with Crippen molar-refractivity contribution in [2.24, 2.45) is 0 Å². The van der Waals surface area contributed by atoms with Gasteiger partial charge in [-0.15, -0.1) is 0 Å². The summed E-state index contributed by atoms with van der Waals surface area (Å²) in [5.41, 5.74) is 3.20. The van der Waals surface area contributed by atoms with Crippen molar-refractivity contribution >= 4 is 21.8 Å². The number of rotatable bonds is 0. The predicted octanol–water partition coefficient (Wildman–Crippen LogP) is 3.09. The fourth-order valence-electron chi connectivity index (χ4n) is 1.84. The van der Waals surface area contributed by atoms with Gasteiger partial charge in [-0.25, -0.2) is 0 Å². The van der Waals surface area contributed by atoms with Crippen LogP contribution in [0, 0.1) is 6.92 Å². The SMILES string of the molecule is Cc1cnc2c(cnc3ccccc32)c1. The molecule has 0 amide bonds. The number of nitrogens with zero attached hydrogens (tertiary/aromatic N) is 2. The van der Waals surface area contributed by atoms with Gasteiger partial charge in [-0.1, -0.05) is 18.2 Å². The van der Waals surface area contributed by atoms with Gasteiger partial charge in [0.2, 0.25) is 0 Å². The molecular formula is C13H10N2. The number of hydrogen-bond acceptors (Lipinski definition) is 2. The van der Waals surface area contributed by atoms with E-state index in [1.54, 1.807) is 0 Å². The van der Waals surface area contributed by atoms with Gasteiger partial charge in [-0.2, -0.15) is 0 Å². The van der Waals surface area contributed by atoms with Crippen LogP contribution in [0.5, 0.6) is 0 Å². The molecule has 0 saturated heterocycles. The van der Waals surface area contributed by atoms with E-state index in [1.165, 1.54) is 5.56 Å². The van der Waals surface area contributed by atoms with E-state index in [1.807, 2.05) is 37.5 Å². The van der Waals surface area contributed by atoms with Crippen LogP contribution >= 0.6 is 0 Å². The monoisotopic (exact) mass is 194 g/mol. The lowest BCUT2D eigenvalue weighted by Gasteiger charge is -2.02. The smallest absolute Gasteiger partial charge is 0.0811 e. The van der Waals surface area contributed by atoms with Gasteiger partial charge in [0.05, 0.1) is 11.0 Å². The van der Waals surface area contributed by atoms with Crippen LogP contribution in [0.15, 0.2) is 42.7 Å².